The monoisotopic (exact) mass is 293 g/mol. The number of rotatable bonds is 5. The summed E-state index contributed by atoms with van der Waals surface area (Å²) in [5.41, 5.74) is 0. The van der Waals surface area contributed by atoms with Gasteiger partial charge in [0.15, 0.2) is 0 Å². The molecule has 19 heavy (non-hydrogen) atoms. The zero-order chi connectivity index (χ0) is 13.1. The predicted octanol–water partition coefficient (Wildman–Crippen LogP) is 3.91. The maximum Gasteiger partial charge on any atom is 0.0767 e. The zero-order valence-corrected chi connectivity index (χ0v) is 12.7. The van der Waals surface area contributed by atoms with Crippen molar-refractivity contribution in [3.63, 3.8) is 0 Å². The van der Waals surface area contributed by atoms with E-state index < -0.39 is 0 Å². The summed E-state index contributed by atoms with van der Waals surface area (Å²) in [7, 11) is 0. The summed E-state index contributed by atoms with van der Waals surface area (Å²) < 4.78 is 5.51. The first-order chi connectivity index (χ1) is 9.34. The molecular weight excluding hydrogens is 274 g/mol. The van der Waals surface area contributed by atoms with Crippen LogP contribution < -0.4 is 5.32 Å². The molecule has 2 unspecified atom stereocenters. The number of hydrogen-bond acceptors (Lipinski definition) is 4. The van der Waals surface area contributed by atoms with Crippen molar-refractivity contribution < 1.29 is 4.74 Å². The molecule has 1 N–H and O–H groups in total. The molecule has 1 fully saturated rings. The highest BCUT2D eigenvalue weighted by molar-refractivity contribution is 7.11. The molecule has 1 aliphatic rings. The molecule has 0 aromatic carbocycles. The number of nitrogens with one attached hydrogen (secondary N) is 1. The highest BCUT2D eigenvalue weighted by Crippen LogP contribution is 2.31. The van der Waals surface area contributed by atoms with Crippen LogP contribution in [0.15, 0.2) is 35.0 Å². The van der Waals surface area contributed by atoms with Crippen LogP contribution in [0.4, 0.5) is 0 Å². The molecule has 102 valence electrons. The standard InChI is InChI=1S/C15H19NOS2/c1-11(12-6-7-17-10-12)16-15(13-4-2-8-18-13)14-5-3-9-19-14/h2-5,8-9,11-12,15-16H,6-7,10H2,1H3. The van der Waals surface area contributed by atoms with E-state index in [0.29, 0.717) is 18.0 Å². The van der Waals surface area contributed by atoms with E-state index in [1.54, 1.807) is 0 Å². The van der Waals surface area contributed by atoms with Gasteiger partial charge in [-0.15, -0.1) is 22.7 Å². The molecule has 2 atom stereocenters. The average Bonchev–Trinajstić information content (AvgIpc) is 3.17. The van der Waals surface area contributed by atoms with Gasteiger partial charge in [0, 0.05) is 22.4 Å². The Morgan fingerprint density at radius 1 is 1.21 bits per heavy atom. The Hall–Kier alpha value is -0.680. The maximum absolute atomic E-state index is 5.51. The second-order valence-electron chi connectivity index (χ2n) is 5.04. The Kier molecular flexibility index (Phi) is 4.33. The minimum absolute atomic E-state index is 0.329. The van der Waals surface area contributed by atoms with E-state index in [9.17, 15) is 0 Å². The van der Waals surface area contributed by atoms with E-state index in [0.717, 1.165) is 13.2 Å². The fourth-order valence-electron chi connectivity index (χ4n) is 2.56. The van der Waals surface area contributed by atoms with Crippen molar-refractivity contribution in [1.82, 2.24) is 5.32 Å². The summed E-state index contributed by atoms with van der Waals surface area (Å²) in [5, 5.41) is 8.11. The molecule has 0 amide bonds. The van der Waals surface area contributed by atoms with E-state index in [-0.39, 0.29) is 0 Å². The van der Waals surface area contributed by atoms with Gasteiger partial charge in [0.1, 0.15) is 0 Å². The van der Waals surface area contributed by atoms with E-state index in [2.05, 4.69) is 47.3 Å². The van der Waals surface area contributed by atoms with Gasteiger partial charge in [0.05, 0.1) is 12.6 Å². The number of thiophene rings is 2. The molecule has 3 heterocycles. The van der Waals surface area contributed by atoms with Gasteiger partial charge in [-0.05, 0) is 42.2 Å². The van der Waals surface area contributed by atoms with Crippen molar-refractivity contribution >= 4 is 22.7 Å². The molecule has 2 nitrogen and oxygen atoms in total. The number of ether oxygens (including phenoxy) is 1. The lowest BCUT2D eigenvalue weighted by atomic mass is 9.99. The van der Waals surface area contributed by atoms with Gasteiger partial charge in [-0.1, -0.05) is 12.1 Å². The van der Waals surface area contributed by atoms with Crippen LogP contribution in [0.1, 0.15) is 29.1 Å². The Morgan fingerprint density at radius 2 is 1.89 bits per heavy atom. The van der Waals surface area contributed by atoms with Crippen molar-refractivity contribution in [2.45, 2.75) is 25.4 Å². The molecule has 3 rings (SSSR count). The normalized spacial score (nSPS) is 21.1. The molecule has 0 aliphatic carbocycles. The van der Waals surface area contributed by atoms with Crippen LogP contribution in [0.2, 0.25) is 0 Å². The molecule has 0 saturated carbocycles. The van der Waals surface area contributed by atoms with Crippen LogP contribution in [0.25, 0.3) is 0 Å². The second kappa shape index (κ2) is 6.18. The van der Waals surface area contributed by atoms with Crippen molar-refractivity contribution in [3.8, 4) is 0 Å². The summed E-state index contributed by atoms with van der Waals surface area (Å²) in [5.74, 6) is 0.641. The summed E-state index contributed by atoms with van der Waals surface area (Å²) in [6, 6.07) is 9.52. The minimum atomic E-state index is 0.329. The zero-order valence-electron chi connectivity index (χ0n) is 11.0. The molecule has 1 aliphatic heterocycles. The van der Waals surface area contributed by atoms with Crippen molar-refractivity contribution in [2.24, 2.45) is 5.92 Å². The van der Waals surface area contributed by atoms with E-state index in [1.165, 1.54) is 16.2 Å². The highest BCUT2D eigenvalue weighted by Gasteiger charge is 2.26. The molecule has 1 saturated heterocycles. The smallest absolute Gasteiger partial charge is 0.0767 e. The maximum atomic E-state index is 5.51. The lowest BCUT2D eigenvalue weighted by Gasteiger charge is -2.25. The predicted molar refractivity (Wildman–Crippen MR) is 82.0 cm³/mol. The van der Waals surface area contributed by atoms with Gasteiger partial charge in [0.2, 0.25) is 0 Å². The minimum Gasteiger partial charge on any atom is -0.381 e. The summed E-state index contributed by atoms with van der Waals surface area (Å²) >= 11 is 3.65. The Bertz CT molecular complexity index is 440. The third-order valence-corrected chi connectivity index (χ3v) is 5.63. The van der Waals surface area contributed by atoms with E-state index in [1.807, 2.05) is 22.7 Å². The first kappa shape index (κ1) is 13.3. The van der Waals surface area contributed by atoms with Gasteiger partial charge in [-0.2, -0.15) is 0 Å². The van der Waals surface area contributed by atoms with Gasteiger partial charge in [0.25, 0.3) is 0 Å². The van der Waals surface area contributed by atoms with E-state index >= 15 is 0 Å². The van der Waals surface area contributed by atoms with Gasteiger partial charge < -0.3 is 10.1 Å². The fourth-order valence-corrected chi connectivity index (χ4v) is 4.24. The van der Waals surface area contributed by atoms with Crippen molar-refractivity contribution in [2.75, 3.05) is 13.2 Å². The Morgan fingerprint density at radius 3 is 2.37 bits per heavy atom. The first-order valence-electron chi connectivity index (χ1n) is 6.75. The van der Waals surface area contributed by atoms with Crippen LogP contribution in [-0.4, -0.2) is 19.3 Å². The Balaban J connectivity index is 1.76. The SMILES string of the molecule is CC(NC(c1cccs1)c1cccs1)C1CCOC1. The van der Waals surface area contributed by atoms with Crippen LogP contribution in [0.3, 0.4) is 0 Å². The van der Waals surface area contributed by atoms with Crippen molar-refractivity contribution in [1.29, 1.82) is 0 Å². The Labute approximate surface area is 122 Å². The van der Waals surface area contributed by atoms with Gasteiger partial charge in [-0.25, -0.2) is 0 Å². The van der Waals surface area contributed by atoms with Gasteiger partial charge in [-0.3, -0.25) is 0 Å². The molecular formula is C15H19NOS2. The average molecular weight is 293 g/mol. The van der Waals surface area contributed by atoms with Crippen LogP contribution in [-0.2, 0) is 4.74 Å². The molecule has 0 spiro atoms. The largest absolute Gasteiger partial charge is 0.381 e. The highest BCUT2D eigenvalue weighted by atomic mass is 32.1. The second-order valence-corrected chi connectivity index (χ2v) is 7.00. The van der Waals surface area contributed by atoms with Crippen LogP contribution in [0, 0.1) is 5.92 Å². The lowest BCUT2D eigenvalue weighted by molar-refractivity contribution is 0.177. The third-order valence-electron chi connectivity index (χ3n) is 3.76. The molecule has 2 aromatic heterocycles. The molecule has 2 aromatic rings. The van der Waals surface area contributed by atoms with E-state index in [4.69, 9.17) is 4.74 Å². The molecule has 0 bridgehead atoms. The first-order valence-corrected chi connectivity index (χ1v) is 8.51. The fraction of sp³-hybridized carbons (Fsp3) is 0.467. The summed E-state index contributed by atoms with van der Waals surface area (Å²) in [4.78, 5) is 2.79. The topological polar surface area (TPSA) is 21.3 Å². The quantitative estimate of drug-likeness (QED) is 0.902. The summed E-state index contributed by atoms with van der Waals surface area (Å²) in [6.45, 7) is 4.10. The van der Waals surface area contributed by atoms with Gasteiger partial charge >= 0.3 is 0 Å². The van der Waals surface area contributed by atoms with Crippen molar-refractivity contribution in [3.05, 3.63) is 44.8 Å². The third kappa shape index (κ3) is 3.08. The number of hydrogen-bond donors (Lipinski definition) is 1. The van der Waals surface area contributed by atoms with Crippen LogP contribution >= 0.6 is 22.7 Å². The van der Waals surface area contributed by atoms with Crippen LogP contribution in [0.5, 0.6) is 0 Å². The lowest BCUT2D eigenvalue weighted by Crippen LogP contribution is -2.36. The summed E-state index contributed by atoms with van der Waals surface area (Å²) in [6.07, 6.45) is 1.18. The molecule has 4 heteroatoms. The molecule has 0 radical (unpaired) electrons.